The van der Waals surface area contributed by atoms with E-state index in [1.807, 2.05) is 0 Å². The summed E-state index contributed by atoms with van der Waals surface area (Å²) >= 11 is 0. The summed E-state index contributed by atoms with van der Waals surface area (Å²) in [5.41, 5.74) is 1.18. The van der Waals surface area contributed by atoms with Gasteiger partial charge in [0.25, 0.3) is 0 Å². The lowest BCUT2D eigenvalue weighted by molar-refractivity contribution is -0.138. The van der Waals surface area contributed by atoms with Gasteiger partial charge < -0.3 is 10.6 Å². The summed E-state index contributed by atoms with van der Waals surface area (Å²) in [7, 11) is 0. The summed E-state index contributed by atoms with van der Waals surface area (Å²) < 4.78 is 51.5. The van der Waals surface area contributed by atoms with Gasteiger partial charge in [0.2, 0.25) is 5.91 Å². The Kier molecular flexibility index (Phi) is 5.10. The van der Waals surface area contributed by atoms with E-state index in [9.17, 15) is 22.4 Å². The van der Waals surface area contributed by atoms with Gasteiger partial charge >= 0.3 is 6.18 Å². The second-order valence-corrected chi connectivity index (χ2v) is 5.21. The number of nitrogens with zero attached hydrogens (tertiary/aromatic N) is 2. The van der Waals surface area contributed by atoms with Crippen LogP contribution in [0.2, 0.25) is 0 Å². The number of benzene rings is 1. The van der Waals surface area contributed by atoms with Gasteiger partial charge in [0.15, 0.2) is 0 Å². The van der Waals surface area contributed by atoms with E-state index in [4.69, 9.17) is 0 Å². The number of carbonyl (C=O) groups excluding carboxylic acids is 1. The van der Waals surface area contributed by atoms with Gasteiger partial charge in [0.05, 0.1) is 17.6 Å². The van der Waals surface area contributed by atoms with Gasteiger partial charge in [-0.05, 0) is 26.0 Å². The summed E-state index contributed by atoms with van der Waals surface area (Å²) in [4.78, 5) is 11.7. The Balaban J connectivity index is 2.09. The summed E-state index contributed by atoms with van der Waals surface area (Å²) in [6.45, 7) is 1.68. The van der Waals surface area contributed by atoms with Crippen molar-refractivity contribution in [2.45, 2.75) is 26.1 Å². The van der Waals surface area contributed by atoms with Crippen LogP contribution in [-0.2, 0) is 4.79 Å². The van der Waals surface area contributed by atoms with Crippen molar-refractivity contribution >= 4 is 11.6 Å². The lowest BCUT2D eigenvalue weighted by Crippen LogP contribution is -2.42. The van der Waals surface area contributed by atoms with E-state index in [0.717, 1.165) is 0 Å². The molecule has 0 saturated heterocycles. The molecule has 0 bridgehead atoms. The molecule has 0 radical (unpaired) electrons. The lowest BCUT2D eigenvalue weighted by Gasteiger charge is -2.16. The first kappa shape index (κ1) is 17.8. The number of rotatable bonds is 5. The molecule has 2 N–H and O–H groups in total. The van der Waals surface area contributed by atoms with Gasteiger partial charge in [-0.2, -0.15) is 18.3 Å². The molecule has 2 aromatic rings. The zero-order valence-electron chi connectivity index (χ0n) is 13.0. The molecular formula is C15H16F4N4O. The predicted octanol–water partition coefficient (Wildman–Crippen LogP) is 2.80. The fourth-order valence-electron chi connectivity index (χ4n) is 2.06. The zero-order chi connectivity index (χ0) is 17.9. The third-order valence-electron chi connectivity index (χ3n) is 3.32. The number of halogens is 4. The SMILES string of the molecule is Cc1c(N[C@H](C)C(=O)NCC(F)(F)F)cnn1-c1ccccc1F. The monoisotopic (exact) mass is 344 g/mol. The summed E-state index contributed by atoms with van der Waals surface area (Å²) in [5.74, 6) is -1.27. The van der Waals surface area contributed by atoms with Crippen LogP contribution in [0.4, 0.5) is 23.2 Å². The maximum absolute atomic E-state index is 13.8. The van der Waals surface area contributed by atoms with Crippen LogP contribution in [0.3, 0.4) is 0 Å². The highest BCUT2D eigenvalue weighted by atomic mass is 19.4. The van der Waals surface area contributed by atoms with Gasteiger partial charge in [0.1, 0.15) is 24.1 Å². The summed E-state index contributed by atoms with van der Waals surface area (Å²) in [6, 6.07) is 5.11. The molecule has 5 nitrogen and oxygen atoms in total. The van der Waals surface area contributed by atoms with E-state index in [1.54, 1.807) is 30.4 Å². The average molecular weight is 344 g/mol. The highest BCUT2D eigenvalue weighted by molar-refractivity contribution is 5.84. The van der Waals surface area contributed by atoms with Crippen molar-refractivity contribution in [3.8, 4) is 5.69 Å². The number of alkyl halides is 3. The second-order valence-electron chi connectivity index (χ2n) is 5.21. The first-order valence-electron chi connectivity index (χ1n) is 7.09. The van der Waals surface area contributed by atoms with Crippen molar-refractivity contribution in [2.75, 3.05) is 11.9 Å². The molecule has 0 fully saturated rings. The fourth-order valence-corrected chi connectivity index (χ4v) is 2.06. The maximum atomic E-state index is 13.8. The minimum absolute atomic E-state index is 0.234. The van der Waals surface area contributed by atoms with Crippen molar-refractivity contribution < 1.29 is 22.4 Å². The van der Waals surface area contributed by atoms with Crippen LogP contribution in [-0.4, -0.2) is 34.5 Å². The molecule has 0 aliphatic rings. The molecular weight excluding hydrogens is 328 g/mol. The number of carbonyl (C=O) groups is 1. The highest BCUT2D eigenvalue weighted by Gasteiger charge is 2.28. The van der Waals surface area contributed by atoms with Crippen molar-refractivity contribution in [3.63, 3.8) is 0 Å². The molecule has 24 heavy (non-hydrogen) atoms. The minimum atomic E-state index is -4.47. The number of nitrogens with one attached hydrogen (secondary N) is 2. The minimum Gasteiger partial charge on any atom is -0.371 e. The van der Waals surface area contributed by atoms with E-state index < -0.39 is 30.5 Å². The summed E-state index contributed by atoms with van der Waals surface area (Å²) in [6.07, 6.45) is -3.09. The molecule has 0 unspecified atom stereocenters. The molecule has 130 valence electrons. The van der Waals surface area contributed by atoms with Gasteiger partial charge in [0, 0.05) is 0 Å². The van der Waals surface area contributed by atoms with E-state index in [-0.39, 0.29) is 5.69 Å². The normalized spacial score (nSPS) is 12.8. The number of para-hydroxylation sites is 1. The second kappa shape index (κ2) is 6.90. The topological polar surface area (TPSA) is 59.0 Å². The Hall–Kier alpha value is -2.58. The van der Waals surface area contributed by atoms with Crippen LogP contribution in [0, 0.1) is 12.7 Å². The largest absolute Gasteiger partial charge is 0.405 e. The standard InChI is InChI=1S/C15H16F4N4O/c1-9(14(24)20-8-15(17,18)19)22-12-7-21-23(10(12)2)13-6-4-3-5-11(13)16/h3-7,9,22H,8H2,1-2H3,(H,20,24)/t9-/m1/s1. The van der Waals surface area contributed by atoms with Crippen LogP contribution < -0.4 is 10.6 Å². The Morgan fingerprint density at radius 2 is 2.00 bits per heavy atom. The van der Waals surface area contributed by atoms with Crippen LogP contribution in [0.5, 0.6) is 0 Å². The van der Waals surface area contributed by atoms with Crippen LogP contribution in [0.15, 0.2) is 30.5 Å². The van der Waals surface area contributed by atoms with Gasteiger partial charge in [-0.3, -0.25) is 4.79 Å². The smallest absolute Gasteiger partial charge is 0.371 e. The van der Waals surface area contributed by atoms with E-state index in [2.05, 4.69) is 10.4 Å². The molecule has 0 aliphatic carbocycles. The zero-order valence-corrected chi connectivity index (χ0v) is 13.0. The van der Waals surface area contributed by atoms with Crippen LogP contribution >= 0.6 is 0 Å². The van der Waals surface area contributed by atoms with Crippen molar-refractivity contribution in [1.29, 1.82) is 0 Å². The Morgan fingerprint density at radius 3 is 2.62 bits per heavy atom. The molecule has 1 aromatic carbocycles. The maximum Gasteiger partial charge on any atom is 0.405 e. The number of hydrogen-bond donors (Lipinski definition) is 2. The fraction of sp³-hybridized carbons (Fsp3) is 0.333. The molecule has 2 rings (SSSR count). The van der Waals surface area contributed by atoms with Crippen LogP contribution in [0.1, 0.15) is 12.6 Å². The first-order chi connectivity index (χ1) is 11.2. The van der Waals surface area contributed by atoms with Crippen molar-refractivity contribution in [2.24, 2.45) is 0 Å². The lowest BCUT2D eigenvalue weighted by atomic mass is 10.2. The van der Waals surface area contributed by atoms with Crippen molar-refractivity contribution in [1.82, 2.24) is 15.1 Å². The van der Waals surface area contributed by atoms with Crippen LogP contribution in [0.25, 0.3) is 5.69 Å². The quantitative estimate of drug-likeness (QED) is 0.820. The van der Waals surface area contributed by atoms with Gasteiger partial charge in [-0.15, -0.1) is 0 Å². The van der Waals surface area contributed by atoms with E-state index >= 15 is 0 Å². The van der Waals surface area contributed by atoms with Gasteiger partial charge in [-0.1, -0.05) is 12.1 Å². The third-order valence-corrected chi connectivity index (χ3v) is 3.32. The number of hydrogen-bond acceptors (Lipinski definition) is 3. The van der Waals surface area contributed by atoms with E-state index in [1.165, 1.54) is 23.9 Å². The summed E-state index contributed by atoms with van der Waals surface area (Å²) in [5, 5.41) is 8.61. The molecule has 0 saturated carbocycles. The molecule has 9 heteroatoms. The predicted molar refractivity (Wildman–Crippen MR) is 80.4 cm³/mol. The Morgan fingerprint density at radius 1 is 1.33 bits per heavy atom. The van der Waals surface area contributed by atoms with Gasteiger partial charge in [-0.25, -0.2) is 9.07 Å². The average Bonchev–Trinajstić information content (AvgIpc) is 2.85. The Bertz CT molecular complexity index is 727. The van der Waals surface area contributed by atoms with E-state index in [0.29, 0.717) is 11.4 Å². The number of anilines is 1. The molecule has 0 aliphatic heterocycles. The molecule has 1 heterocycles. The molecule has 1 atom stereocenters. The molecule has 1 aromatic heterocycles. The van der Waals surface area contributed by atoms with Crippen molar-refractivity contribution in [3.05, 3.63) is 42.0 Å². The third kappa shape index (κ3) is 4.24. The highest BCUT2D eigenvalue weighted by Crippen LogP contribution is 2.21. The number of aromatic nitrogens is 2. The first-order valence-corrected chi connectivity index (χ1v) is 7.09. The molecule has 1 amide bonds. The Labute approximate surface area is 135 Å². The number of amides is 1. The molecule has 0 spiro atoms.